The van der Waals surface area contributed by atoms with E-state index in [2.05, 4.69) is 56.2 Å². The zero-order valence-electron chi connectivity index (χ0n) is 12.2. The highest BCUT2D eigenvalue weighted by Gasteiger charge is 2.18. The summed E-state index contributed by atoms with van der Waals surface area (Å²) in [6.45, 7) is 9.67. The fraction of sp³-hybridized carbons (Fsp3) is 0.438. The van der Waals surface area contributed by atoms with Crippen molar-refractivity contribution in [2.75, 3.05) is 6.54 Å². The molecule has 0 amide bonds. The minimum atomic E-state index is 0.269. The molecule has 1 atom stereocenters. The second kappa shape index (κ2) is 6.31. The molecule has 102 valence electrons. The number of rotatable bonds is 5. The van der Waals surface area contributed by atoms with Gasteiger partial charge in [-0.2, -0.15) is 0 Å². The minimum Gasteiger partial charge on any atom is -0.306 e. The maximum Gasteiger partial charge on any atom is 0.0897 e. The summed E-state index contributed by atoms with van der Waals surface area (Å²) in [5, 5.41) is 4.78. The predicted octanol–water partition coefficient (Wildman–Crippen LogP) is 4.16. The van der Waals surface area contributed by atoms with Crippen molar-refractivity contribution >= 4 is 11.3 Å². The third-order valence-corrected chi connectivity index (χ3v) is 4.46. The summed E-state index contributed by atoms with van der Waals surface area (Å²) in [5.74, 6) is 0. The highest BCUT2D eigenvalue weighted by Crippen LogP contribution is 2.29. The summed E-state index contributed by atoms with van der Waals surface area (Å²) in [5.41, 5.74) is 4.10. The highest BCUT2D eigenvalue weighted by atomic mass is 32.1. The summed E-state index contributed by atoms with van der Waals surface area (Å²) in [7, 11) is 0. The van der Waals surface area contributed by atoms with Crippen LogP contribution in [0.1, 0.15) is 46.0 Å². The minimum absolute atomic E-state index is 0.269. The van der Waals surface area contributed by atoms with Crippen molar-refractivity contribution in [3.8, 4) is 0 Å². The molecule has 1 N–H and O–H groups in total. The lowest BCUT2D eigenvalue weighted by Crippen LogP contribution is -2.23. The van der Waals surface area contributed by atoms with Gasteiger partial charge in [0, 0.05) is 11.1 Å². The first-order valence-corrected chi connectivity index (χ1v) is 7.67. The maximum atomic E-state index is 4.40. The van der Waals surface area contributed by atoms with E-state index in [0.717, 1.165) is 18.0 Å². The number of hydrogen-bond acceptors (Lipinski definition) is 3. The zero-order valence-corrected chi connectivity index (χ0v) is 13.0. The lowest BCUT2D eigenvalue weighted by atomic mass is 9.96. The number of benzene rings is 1. The maximum absolute atomic E-state index is 4.40. The Bertz CT molecular complexity index is 545. The van der Waals surface area contributed by atoms with Gasteiger partial charge in [-0.15, -0.1) is 11.3 Å². The molecular weight excluding hydrogens is 252 g/mol. The van der Waals surface area contributed by atoms with Gasteiger partial charge in [0.1, 0.15) is 0 Å². The van der Waals surface area contributed by atoms with E-state index >= 15 is 0 Å². The van der Waals surface area contributed by atoms with E-state index in [9.17, 15) is 0 Å². The lowest BCUT2D eigenvalue weighted by Gasteiger charge is -2.20. The first kappa shape index (κ1) is 14.2. The van der Waals surface area contributed by atoms with Crippen molar-refractivity contribution in [2.45, 2.75) is 40.2 Å². The van der Waals surface area contributed by atoms with E-state index in [1.807, 2.05) is 6.20 Å². The number of aromatic nitrogens is 1. The van der Waals surface area contributed by atoms with Gasteiger partial charge in [-0.3, -0.25) is 0 Å². The Kier molecular flexibility index (Phi) is 4.72. The number of thiazole rings is 1. The van der Waals surface area contributed by atoms with Crippen molar-refractivity contribution in [1.82, 2.24) is 10.3 Å². The molecule has 19 heavy (non-hydrogen) atoms. The monoisotopic (exact) mass is 274 g/mol. The average molecular weight is 274 g/mol. The SMILES string of the molecule is CCCNC(c1cnc(C)s1)c1cccc(C)c1C. The van der Waals surface area contributed by atoms with Crippen molar-refractivity contribution < 1.29 is 0 Å². The molecule has 0 saturated heterocycles. The van der Waals surface area contributed by atoms with Crippen LogP contribution in [0.4, 0.5) is 0 Å². The lowest BCUT2D eigenvalue weighted by molar-refractivity contribution is 0.602. The number of nitrogens with zero attached hydrogens (tertiary/aromatic N) is 1. The third kappa shape index (κ3) is 3.23. The summed E-state index contributed by atoms with van der Waals surface area (Å²) < 4.78 is 0. The zero-order chi connectivity index (χ0) is 13.8. The first-order valence-electron chi connectivity index (χ1n) is 6.85. The molecule has 0 aliphatic carbocycles. The van der Waals surface area contributed by atoms with Crippen molar-refractivity contribution in [3.05, 3.63) is 51.0 Å². The number of hydrogen-bond donors (Lipinski definition) is 1. The molecule has 0 aliphatic rings. The molecule has 1 aromatic carbocycles. The molecule has 1 unspecified atom stereocenters. The number of nitrogens with one attached hydrogen (secondary N) is 1. The Hall–Kier alpha value is -1.19. The second-order valence-electron chi connectivity index (χ2n) is 4.96. The molecule has 2 nitrogen and oxygen atoms in total. The van der Waals surface area contributed by atoms with Crippen molar-refractivity contribution in [1.29, 1.82) is 0 Å². The second-order valence-corrected chi connectivity index (χ2v) is 6.22. The van der Waals surface area contributed by atoms with Gasteiger partial charge >= 0.3 is 0 Å². The van der Waals surface area contributed by atoms with Gasteiger partial charge in [0.2, 0.25) is 0 Å². The smallest absolute Gasteiger partial charge is 0.0897 e. The molecule has 2 aromatic rings. The average Bonchev–Trinajstić information content (AvgIpc) is 2.81. The molecule has 0 saturated carbocycles. The summed E-state index contributed by atoms with van der Waals surface area (Å²) in [6.07, 6.45) is 3.15. The van der Waals surface area contributed by atoms with E-state index in [1.54, 1.807) is 11.3 Å². The van der Waals surface area contributed by atoms with Crippen LogP contribution < -0.4 is 5.32 Å². The summed E-state index contributed by atoms with van der Waals surface area (Å²) in [6, 6.07) is 6.82. The standard InChI is InChI=1S/C16H22N2S/c1-5-9-17-16(15-10-18-13(4)19-15)14-8-6-7-11(2)12(14)3/h6-8,10,16-17H,5,9H2,1-4H3. The fourth-order valence-electron chi connectivity index (χ4n) is 2.25. The van der Waals surface area contributed by atoms with E-state index in [0.29, 0.717) is 0 Å². The quantitative estimate of drug-likeness (QED) is 0.885. The fourth-order valence-corrected chi connectivity index (χ4v) is 3.13. The van der Waals surface area contributed by atoms with Crippen LogP contribution in [0.3, 0.4) is 0 Å². The van der Waals surface area contributed by atoms with Crippen LogP contribution in [-0.2, 0) is 0 Å². The van der Waals surface area contributed by atoms with Gasteiger partial charge in [0.15, 0.2) is 0 Å². The number of aryl methyl sites for hydroxylation is 2. The van der Waals surface area contributed by atoms with Crippen LogP contribution >= 0.6 is 11.3 Å². The largest absolute Gasteiger partial charge is 0.306 e. The molecule has 1 heterocycles. The summed E-state index contributed by atoms with van der Waals surface area (Å²) >= 11 is 1.78. The third-order valence-electron chi connectivity index (χ3n) is 3.48. The molecule has 0 fully saturated rings. The highest BCUT2D eigenvalue weighted by molar-refractivity contribution is 7.11. The molecule has 0 spiro atoms. The van der Waals surface area contributed by atoms with Crippen LogP contribution in [0.25, 0.3) is 0 Å². The van der Waals surface area contributed by atoms with E-state index in [4.69, 9.17) is 0 Å². The van der Waals surface area contributed by atoms with Gasteiger partial charge in [-0.05, 0) is 50.4 Å². The molecule has 2 rings (SSSR count). The van der Waals surface area contributed by atoms with Crippen LogP contribution in [0, 0.1) is 20.8 Å². The van der Waals surface area contributed by atoms with Gasteiger partial charge < -0.3 is 5.32 Å². The predicted molar refractivity (Wildman–Crippen MR) is 82.9 cm³/mol. The first-order chi connectivity index (χ1) is 9.13. The molecule has 0 aliphatic heterocycles. The Labute approximate surface area is 119 Å². The van der Waals surface area contributed by atoms with Crippen molar-refractivity contribution in [2.24, 2.45) is 0 Å². The van der Waals surface area contributed by atoms with E-state index < -0.39 is 0 Å². The molecule has 1 aromatic heterocycles. The Morgan fingerprint density at radius 3 is 2.68 bits per heavy atom. The van der Waals surface area contributed by atoms with E-state index in [-0.39, 0.29) is 6.04 Å². The van der Waals surface area contributed by atoms with Crippen LogP contribution in [0.2, 0.25) is 0 Å². The van der Waals surface area contributed by atoms with Gasteiger partial charge in [0.05, 0.1) is 11.0 Å². The molecule has 3 heteroatoms. The Morgan fingerprint density at radius 1 is 1.26 bits per heavy atom. The van der Waals surface area contributed by atoms with Gasteiger partial charge in [-0.1, -0.05) is 25.1 Å². The molecule has 0 radical (unpaired) electrons. The Balaban J connectivity index is 2.39. The van der Waals surface area contributed by atoms with Crippen molar-refractivity contribution in [3.63, 3.8) is 0 Å². The van der Waals surface area contributed by atoms with Gasteiger partial charge in [-0.25, -0.2) is 4.98 Å². The molecular formula is C16H22N2S. The van der Waals surface area contributed by atoms with Crippen LogP contribution in [0.5, 0.6) is 0 Å². The Morgan fingerprint density at radius 2 is 2.05 bits per heavy atom. The van der Waals surface area contributed by atoms with Gasteiger partial charge in [0.25, 0.3) is 0 Å². The molecule has 0 bridgehead atoms. The summed E-state index contributed by atoms with van der Waals surface area (Å²) in [4.78, 5) is 5.71. The van der Waals surface area contributed by atoms with Crippen LogP contribution in [-0.4, -0.2) is 11.5 Å². The normalized spacial score (nSPS) is 12.6. The van der Waals surface area contributed by atoms with Crippen LogP contribution in [0.15, 0.2) is 24.4 Å². The topological polar surface area (TPSA) is 24.9 Å². The van der Waals surface area contributed by atoms with E-state index in [1.165, 1.54) is 21.6 Å².